The standard InChI is InChI=1S/C25H37ClO7/c1-5-24(19(2)22-8-6-21(18-26)7-9-22)32-16-14-30-12-13-31-15-17-33-25(28)11-10-23(27)20(3)29-4/h6-9,20,24H,2,5,10-18H2,1,3-4H3. The average molecular weight is 485 g/mol. The Bertz CT molecular complexity index is 705. The minimum atomic E-state index is -0.508. The summed E-state index contributed by atoms with van der Waals surface area (Å²) in [6.07, 6.45) is 0.384. The highest BCUT2D eigenvalue weighted by molar-refractivity contribution is 6.17. The van der Waals surface area contributed by atoms with Gasteiger partial charge in [0.2, 0.25) is 0 Å². The summed E-state index contributed by atoms with van der Waals surface area (Å²) in [5, 5.41) is 0. The Morgan fingerprint density at radius 2 is 1.58 bits per heavy atom. The van der Waals surface area contributed by atoms with Gasteiger partial charge in [-0.3, -0.25) is 9.59 Å². The first-order valence-corrected chi connectivity index (χ1v) is 11.8. The van der Waals surface area contributed by atoms with E-state index in [0.29, 0.717) is 32.3 Å². The van der Waals surface area contributed by atoms with Crippen LogP contribution in [0.25, 0.3) is 5.57 Å². The summed E-state index contributed by atoms with van der Waals surface area (Å²) in [6.45, 7) is 10.00. The van der Waals surface area contributed by atoms with E-state index in [2.05, 4.69) is 13.5 Å². The van der Waals surface area contributed by atoms with E-state index in [-0.39, 0.29) is 37.9 Å². The van der Waals surface area contributed by atoms with Crippen LogP contribution in [0.1, 0.15) is 44.2 Å². The van der Waals surface area contributed by atoms with Gasteiger partial charge >= 0.3 is 5.97 Å². The topological polar surface area (TPSA) is 80.3 Å². The van der Waals surface area contributed by atoms with Crippen molar-refractivity contribution in [2.24, 2.45) is 0 Å². The summed E-state index contributed by atoms with van der Waals surface area (Å²) in [7, 11) is 1.46. The zero-order chi connectivity index (χ0) is 24.5. The number of Topliss-reactive ketones (excluding diaryl/α,β-unsaturated/α-hetero) is 1. The van der Waals surface area contributed by atoms with Crippen molar-refractivity contribution in [1.29, 1.82) is 0 Å². The summed E-state index contributed by atoms with van der Waals surface area (Å²) < 4.78 is 26.7. The van der Waals surface area contributed by atoms with Crippen LogP contribution in [0, 0.1) is 0 Å². The predicted octanol–water partition coefficient (Wildman–Crippen LogP) is 4.19. The molecule has 0 aliphatic rings. The Morgan fingerprint density at radius 1 is 0.970 bits per heavy atom. The van der Waals surface area contributed by atoms with Crippen LogP contribution >= 0.6 is 11.6 Å². The number of rotatable bonds is 19. The molecule has 1 aromatic carbocycles. The van der Waals surface area contributed by atoms with E-state index in [1.165, 1.54) is 7.11 Å². The summed E-state index contributed by atoms with van der Waals surface area (Å²) in [5.74, 6) is -0.0585. The number of alkyl halides is 1. The third-order valence-electron chi connectivity index (χ3n) is 5.03. The van der Waals surface area contributed by atoms with Crippen LogP contribution in [-0.4, -0.2) is 70.7 Å². The first kappa shape index (κ1) is 29.3. The van der Waals surface area contributed by atoms with Crippen molar-refractivity contribution in [2.45, 2.75) is 51.2 Å². The number of ketones is 1. The molecule has 186 valence electrons. The predicted molar refractivity (Wildman–Crippen MR) is 128 cm³/mol. The van der Waals surface area contributed by atoms with E-state index in [9.17, 15) is 9.59 Å². The highest BCUT2D eigenvalue weighted by Crippen LogP contribution is 2.22. The molecule has 8 heteroatoms. The summed E-state index contributed by atoms with van der Waals surface area (Å²) >= 11 is 5.84. The maximum atomic E-state index is 11.6. The lowest BCUT2D eigenvalue weighted by Gasteiger charge is -2.19. The molecule has 0 fully saturated rings. The van der Waals surface area contributed by atoms with Crippen molar-refractivity contribution < 1.29 is 33.3 Å². The van der Waals surface area contributed by atoms with Gasteiger partial charge in [0.1, 0.15) is 12.7 Å². The van der Waals surface area contributed by atoms with Gasteiger partial charge in [-0.15, -0.1) is 11.6 Å². The number of hydrogen-bond donors (Lipinski definition) is 0. The van der Waals surface area contributed by atoms with E-state index in [1.54, 1.807) is 6.92 Å². The van der Waals surface area contributed by atoms with Gasteiger partial charge in [0, 0.05) is 19.4 Å². The summed E-state index contributed by atoms with van der Waals surface area (Å²) in [6, 6.07) is 8.01. The van der Waals surface area contributed by atoms with Crippen molar-refractivity contribution >= 4 is 28.9 Å². The van der Waals surface area contributed by atoms with Crippen molar-refractivity contribution in [1.82, 2.24) is 0 Å². The van der Waals surface area contributed by atoms with Crippen molar-refractivity contribution in [3.8, 4) is 0 Å². The molecule has 0 aliphatic heterocycles. The Balaban J connectivity index is 2.05. The number of halogens is 1. The summed E-state index contributed by atoms with van der Waals surface area (Å²) in [4.78, 5) is 23.2. The van der Waals surface area contributed by atoms with Crippen LogP contribution in [0.2, 0.25) is 0 Å². The first-order chi connectivity index (χ1) is 15.9. The molecular formula is C25H37ClO7. The fraction of sp³-hybridized carbons (Fsp3) is 0.600. The maximum absolute atomic E-state index is 11.6. The van der Waals surface area contributed by atoms with Crippen LogP contribution < -0.4 is 0 Å². The zero-order valence-corrected chi connectivity index (χ0v) is 20.7. The largest absolute Gasteiger partial charge is 0.463 e. The van der Waals surface area contributed by atoms with Crippen LogP contribution in [0.4, 0.5) is 0 Å². The third kappa shape index (κ3) is 12.3. The van der Waals surface area contributed by atoms with E-state index < -0.39 is 12.1 Å². The summed E-state index contributed by atoms with van der Waals surface area (Å²) in [5.41, 5.74) is 3.05. The lowest BCUT2D eigenvalue weighted by Crippen LogP contribution is -2.20. The maximum Gasteiger partial charge on any atom is 0.306 e. The molecule has 2 unspecified atom stereocenters. The number of hydrogen-bond acceptors (Lipinski definition) is 7. The smallest absolute Gasteiger partial charge is 0.306 e. The molecule has 0 N–H and O–H groups in total. The van der Waals surface area contributed by atoms with Crippen molar-refractivity contribution in [3.05, 3.63) is 42.0 Å². The number of carbonyl (C=O) groups excluding carboxylic acids is 2. The number of ether oxygens (including phenoxy) is 5. The van der Waals surface area contributed by atoms with Gasteiger partial charge in [-0.05, 0) is 30.0 Å². The van der Waals surface area contributed by atoms with Crippen LogP contribution in [0.5, 0.6) is 0 Å². The van der Waals surface area contributed by atoms with Gasteiger partial charge in [-0.1, -0.05) is 37.8 Å². The zero-order valence-electron chi connectivity index (χ0n) is 20.0. The Hall–Kier alpha value is -1.77. The molecule has 0 spiro atoms. The monoisotopic (exact) mass is 484 g/mol. The molecule has 0 heterocycles. The minimum absolute atomic E-state index is 0.0412. The second-order valence-corrected chi connectivity index (χ2v) is 7.68. The highest BCUT2D eigenvalue weighted by Gasteiger charge is 2.14. The van der Waals surface area contributed by atoms with Gasteiger partial charge in [-0.2, -0.15) is 0 Å². The lowest BCUT2D eigenvalue weighted by molar-refractivity contribution is -0.147. The van der Waals surface area contributed by atoms with Gasteiger partial charge in [0.05, 0.1) is 45.6 Å². The molecule has 0 saturated heterocycles. The molecule has 7 nitrogen and oxygen atoms in total. The minimum Gasteiger partial charge on any atom is -0.463 e. The molecule has 1 aromatic rings. The Kier molecular flexibility index (Phi) is 15.7. The Morgan fingerprint density at radius 3 is 2.15 bits per heavy atom. The van der Waals surface area contributed by atoms with Crippen LogP contribution in [0.15, 0.2) is 30.8 Å². The van der Waals surface area contributed by atoms with Crippen LogP contribution in [0.3, 0.4) is 0 Å². The molecule has 33 heavy (non-hydrogen) atoms. The number of carbonyl (C=O) groups is 2. The van der Waals surface area contributed by atoms with Crippen molar-refractivity contribution in [2.75, 3.05) is 46.8 Å². The van der Waals surface area contributed by atoms with E-state index in [4.69, 9.17) is 35.3 Å². The molecular weight excluding hydrogens is 448 g/mol. The normalized spacial score (nSPS) is 12.8. The quantitative estimate of drug-likeness (QED) is 0.165. The van der Waals surface area contributed by atoms with Crippen LogP contribution in [-0.2, 0) is 39.2 Å². The second-order valence-electron chi connectivity index (χ2n) is 7.41. The first-order valence-electron chi connectivity index (χ1n) is 11.2. The number of esters is 1. The fourth-order valence-electron chi connectivity index (χ4n) is 2.88. The lowest BCUT2D eigenvalue weighted by atomic mass is 9.99. The number of benzene rings is 1. The van der Waals surface area contributed by atoms with E-state index >= 15 is 0 Å². The SMILES string of the molecule is C=C(c1ccc(CCl)cc1)C(CC)OCCOCCOCCOC(=O)CCC(=O)C(C)OC. The molecule has 0 aromatic heterocycles. The van der Waals surface area contributed by atoms with Crippen molar-refractivity contribution in [3.63, 3.8) is 0 Å². The third-order valence-corrected chi connectivity index (χ3v) is 5.34. The number of methoxy groups -OCH3 is 1. The van der Waals surface area contributed by atoms with Gasteiger partial charge in [-0.25, -0.2) is 0 Å². The fourth-order valence-corrected chi connectivity index (χ4v) is 3.05. The molecule has 0 bridgehead atoms. The van der Waals surface area contributed by atoms with Gasteiger partial charge < -0.3 is 23.7 Å². The molecule has 0 saturated carbocycles. The van der Waals surface area contributed by atoms with Gasteiger partial charge in [0.15, 0.2) is 5.78 Å². The molecule has 0 amide bonds. The molecule has 2 atom stereocenters. The second kappa shape index (κ2) is 17.7. The highest BCUT2D eigenvalue weighted by atomic mass is 35.5. The molecule has 0 aliphatic carbocycles. The van der Waals surface area contributed by atoms with E-state index in [1.807, 2.05) is 24.3 Å². The average Bonchev–Trinajstić information content (AvgIpc) is 2.85. The van der Waals surface area contributed by atoms with E-state index in [0.717, 1.165) is 23.1 Å². The molecule has 1 rings (SSSR count). The Labute approximate surface area is 202 Å². The molecule has 0 radical (unpaired) electrons. The van der Waals surface area contributed by atoms with Gasteiger partial charge in [0.25, 0.3) is 0 Å².